The van der Waals surface area contributed by atoms with Gasteiger partial charge in [0.1, 0.15) is 17.5 Å². The highest BCUT2D eigenvalue weighted by atomic mass is 15.3. The van der Waals surface area contributed by atoms with E-state index in [0.29, 0.717) is 17.2 Å². The van der Waals surface area contributed by atoms with Crippen LogP contribution in [0.25, 0.3) is 0 Å². The van der Waals surface area contributed by atoms with Crippen molar-refractivity contribution in [1.82, 2.24) is 9.97 Å². The molecule has 20 heavy (non-hydrogen) atoms. The van der Waals surface area contributed by atoms with E-state index in [1.54, 1.807) is 18.2 Å². The number of rotatable bonds is 5. The van der Waals surface area contributed by atoms with Crippen LogP contribution in [0.3, 0.4) is 0 Å². The third-order valence-electron chi connectivity index (χ3n) is 2.68. The first-order valence-corrected chi connectivity index (χ1v) is 6.37. The van der Waals surface area contributed by atoms with Crippen molar-refractivity contribution in [2.24, 2.45) is 5.84 Å². The monoisotopic (exact) mass is 268 g/mol. The zero-order chi connectivity index (χ0) is 14.4. The Labute approximate surface area is 117 Å². The van der Waals surface area contributed by atoms with Gasteiger partial charge in [-0.05, 0) is 30.7 Å². The summed E-state index contributed by atoms with van der Waals surface area (Å²) in [4.78, 5) is 8.71. The normalized spacial score (nSPS) is 9.85. The lowest BCUT2D eigenvalue weighted by Crippen LogP contribution is -2.11. The molecule has 1 aromatic heterocycles. The Kier molecular flexibility index (Phi) is 4.47. The lowest BCUT2D eigenvalue weighted by atomic mass is 10.2. The van der Waals surface area contributed by atoms with Crippen molar-refractivity contribution in [1.29, 1.82) is 5.26 Å². The van der Waals surface area contributed by atoms with Crippen molar-refractivity contribution in [2.45, 2.75) is 19.8 Å². The van der Waals surface area contributed by atoms with Crippen LogP contribution >= 0.6 is 0 Å². The lowest BCUT2D eigenvalue weighted by Gasteiger charge is -2.09. The van der Waals surface area contributed by atoms with Crippen molar-refractivity contribution in [3.8, 4) is 6.07 Å². The average Bonchev–Trinajstić information content (AvgIpc) is 2.48. The van der Waals surface area contributed by atoms with E-state index in [4.69, 9.17) is 11.1 Å². The number of anilines is 3. The number of benzene rings is 1. The lowest BCUT2D eigenvalue weighted by molar-refractivity contribution is 0.837. The molecule has 6 nitrogen and oxygen atoms in total. The van der Waals surface area contributed by atoms with E-state index < -0.39 is 0 Å². The second kappa shape index (κ2) is 6.50. The Balaban J connectivity index is 2.22. The molecule has 2 aromatic rings. The number of nitrogens with one attached hydrogen (secondary N) is 2. The molecule has 0 amide bonds. The maximum absolute atomic E-state index is 8.77. The SMILES string of the molecule is CCCc1nc(NN)cc(Nc2ccc(C#N)cc2)n1. The molecule has 4 N–H and O–H groups in total. The first-order chi connectivity index (χ1) is 9.75. The quantitative estimate of drug-likeness (QED) is 0.568. The van der Waals surface area contributed by atoms with E-state index >= 15 is 0 Å². The summed E-state index contributed by atoms with van der Waals surface area (Å²) in [6, 6.07) is 11.0. The van der Waals surface area contributed by atoms with E-state index in [0.717, 1.165) is 24.4 Å². The minimum Gasteiger partial charge on any atom is -0.340 e. The van der Waals surface area contributed by atoms with Gasteiger partial charge in [0.15, 0.2) is 0 Å². The molecule has 0 saturated carbocycles. The van der Waals surface area contributed by atoms with Gasteiger partial charge in [0, 0.05) is 18.2 Å². The number of nitrogen functional groups attached to an aromatic ring is 1. The zero-order valence-corrected chi connectivity index (χ0v) is 11.2. The van der Waals surface area contributed by atoms with Crippen molar-refractivity contribution >= 4 is 17.3 Å². The fourth-order valence-corrected chi connectivity index (χ4v) is 1.75. The van der Waals surface area contributed by atoms with Crippen LogP contribution in [0.4, 0.5) is 17.3 Å². The van der Waals surface area contributed by atoms with Crippen LogP contribution in [0.5, 0.6) is 0 Å². The smallest absolute Gasteiger partial charge is 0.145 e. The Morgan fingerprint density at radius 3 is 2.50 bits per heavy atom. The summed E-state index contributed by atoms with van der Waals surface area (Å²) in [6.45, 7) is 2.07. The summed E-state index contributed by atoms with van der Waals surface area (Å²) in [5.74, 6) is 7.38. The number of nitriles is 1. The standard InChI is InChI=1S/C14H16N6/c1-2-3-12-18-13(8-14(19-12)20-16)17-11-6-4-10(9-15)5-7-11/h4-8H,2-3,16H2,1H3,(H2,17,18,19,20). The molecule has 0 fully saturated rings. The first kappa shape index (κ1) is 13.8. The highest BCUT2D eigenvalue weighted by Crippen LogP contribution is 2.18. The number of nitrogens with two attached hydrogens (primary N) is 1. The van der Waals surface area contributed by atoms with E-state index in [1.807, 2.05) is 12.1 Å². The van der Waals surface area contributed by atoms with Crippen molar-refractivity contribution in [3.63, 3.8) is 0 Å². The minimum absolute atomic E-state index is 0.569. The molecule has 102 valence electrons. The van der Waals surface area contributed by atoms with Crippen molar-refractivity contribution < 1.29 is 0 Å². The van der Waals surface area contributed by atoms with Crippen LogP contribution in [0.2, 0.25) is 0 Å². The number of hydrazine groups is 1. The summed E-state index contributed by atoms with van der Waals surface area (Å²) >= 11 is 0. The number of aromatic nitrogens is 2. The van der Waals surface area contributed by atoms with Crippen LogP contribution in [-0.2, 0) is 6.42 Å². The summed E-state index contributed by atoms with van der Waals surface area (Å²) < 4.78 is 0. The van der Waals surface area contributed by atoms with Crippen molar-refractivity contribution in [2.75, 3.05) is 10.7 Å². The zero-order valence-electron chi connectivity index (χ0n) is 11.2. The molecule has 2 rings (SSSR count). The van der Waals surface area contributed by atoms with Gasteiger partial charge in [-0.3, -0.25) is 0 Å². The third kappa shape index (κ3) is 3.43. The molecule has 0 aliphatic carbocycles. The Morgan fingerprint density at radius 2 is 1.90 bits per heavy atom. The minimum atomic E-state index is 0.569. The molecule has 0 spiro atoms. The van der Waals surface area contributed by atoms with Crippen LogP contribution in [0.15, 0.2) is 30.3 Å². The molecule has 0 atom stereocenters. The molecule has 0 aliphatic rings. The van der Waals surface area contributed by atoms with E-state index in [2.05, 4.69) is 33.7 Å². The molecular formula is C14H16N6. The fraction of sp³-hybridized carbons (Fsp3) is 0.214. The van der Waals surface area contributed by atoms with Gasteiger partial charge in [0.25, 0.3) is 0 Å². The predicted octanol–water partition coefficient (Wildman–Crippen LogP) is 2.33. The molecule has 0 unspecified atom stereocenters. The van der Waals surface area contributed by atoms with Crippen LogP contribution < -0.4 is 16.6 Å². The van der Waals surface area contributed by atoms with Gasteiger partial charge in [0.2, 0.25) is 0 Å². The second-order valence-corrected chi connectivity index (χ2v) is 4.26. The summed E-state index contributed by atoms with van der Waals surface area (Å²) in [7, 11) is 0. The van der Waals surface area contributed by atoms with Crippen LogP contribution in [-0.4, -0.2) is 9.97 Å². The van der Waals surface area contributed by atoms with Gasteiger partial charge in [-0.15, -0.1) is 0 Å². The maximum atomic E-state index is 8.77. The number of nitrogens with zero attached hydrogens (tertiary/aromatic N) is 3. The average molecular weight is 268 g/mol. The van der Waals surface area contributed by atoms with E-state index in [9.17, 15) is 0 Å². The molecule has 1 heterocycles. The Morgan fingerprint density at radius 1 is 1.20 bits per heavy atom. The summed E-state index contributed by atoms with van der Waals surface area (Å²) in [5.41, 5.74) is 4.01. The predicted molar refractivity (Wildman–Crippen MR) is 78.3 cm³/mol. The molecular weight excluding hydrogens is 252 g/mol. The Bertz CT molecular complexity index is 615. The molecule has 0 bridgehead atoms. The second-order valence-electron chi connectivity index (χ2n) is 4.26. The molecule has 0 aliphatic heterocycles. The Hall–Kier alpha value is -2.65. The molecule has 1 aromatic carbocycles. The number of hydrogen-bond acceptors (Lipinski definition) is 6. The number of aryl methyl sites for hydroxylation is 1. The molecule has 6 heteroatoms. The van der Waals surface area contributed by atoms with Crippen molar-refractivity contribution in [3.05, 3.63) is 41.7 Å². The van der Waals surface area contributed by atoms with Gasteiger partial charge in [0.05, 0.1) is 11.6 Å². The topological polar surface area (TPSA) is 99.6 Å². The number of hydrogen-bond donors (Lipinski definition) is 3. The van der Waals surface area contributed by atoms with E-state index in [1.165, 1.54) is 0 Å². The summed E-state index contributed by atoms with van der Waals surface area (Å²) in [5, 5.41) is 11.9. The van der Waals surface area contributed by atoms with Crippen LogP contribution in [0.1, 0.15) is 24.7 Å². The van der Waals surface area contributed by atoms with Crippen LogP contribution in [0, 0.1) is 11.3 Å². The maximum Gasteiger partial charge on any atom is 0.145 e. The van der Waals surface area contributed by atoms with Gasteiger partial charge in [-0.1, -0.05) is 6.92 Å². The van der Waals surface area contributed by atoms with E-state index in [-0.39, 0.29) is 0 Å². The largest absolute Gasteiger partial charge is 0.340 e. The molecule has 0 radical (unpaired) electrons. The highest BCUT2D eigenvalue weighted by molar-refractivity contribution is 5.59. The van der Waals surface area contributed by atoms with Gasteiger partial charge in [-0.2, -0.15) is 5.26 Å². The van der Waals surface area contributed by atoms with Gasteiger partial charge in [-0.25, -0.2) is 15.8 Å². The summed E-state index contributed by atoms with van der Waals surface area (Å²) in [6.07, 6.45) is 1.75. The third-order valence-corrected chi connectivity index (χ3v) is 2.68. The molecule has 0 saturated heterocycles. The fourth-order valence-electron chi connectivity index (χ4n) is 1.75. The first-order valence-electron chi connectivity index (χ1n) is 6.37. The van der Waals surface area contributed by atoms with Gasteiger partial charge >= 0.3 is 0 Å². The van der Waals surface area contributed by atoms with Gasteiger partial charge < -0.3 is 10.7 Å². The highest BCUT2D eigenvalue weighted by Gasteiger charge is 2.04.